The molecule has 0 spiro atoms. The van der Waals surface area contributed by atoms with Crippen LogP contribution >= 0.6 is 0 Å². The zero-order chi connectivity index (χ0) is 73.6. The summed E-state index contributed by atoms with van der Waals surface area (Å²) in [5, 5.41) is 71.0. The molecule has 0 bridgehead atoms. The lowest BCUT2D eigenvalue weighted by molar-refractivity contribution is -0.886. The third kappa shape index (κ3) is 22.6. The normalized spacial score (nSPS) is 10.5. The molecule has 1 N–H and O–H groups in total. The minimum atomic E-state index is 0.565. The first kappa shape index (κ1) is 76.9. The minimum Gasteiger partial charge on any atom is -0.494 e. The van der Waals surface area contributed by atoms with Crippen molar-refractivity contribution in [3.05, 3.63) is 187 Å². The summed E-state index contributed by atoms with van der Waals surface area (Å²) in [5.41, 5.74) is 13.7. The minimum absolute atomic E-state index is 0.565. The third-order valence-corrected chi connectivity index (χ3v) is 16.6. The average molecular weight is 1420 g/mol. The third-order valence-electron chi connectivity index (χ3n) is 16.6. The molecule has 0 saturated heterocycles. The molecule has 0 aliphatic rings. The van der Waals surface area contributed by atoms with Crippen molar-refractivity contribution < 1.29 is 99.9 Å². The molecule has 0 unspecified atom stereocenters. The summed E-state index contributed by atoms with van der Waals surface area (Å²) in [4.78, 5) is 4.34. The summed E-state index contributed by atoms with van der Waals surface area (Å²) < 4.78 is 19.0. The highest BCUT2D eigenvalue weighted by atomic mass is 18.0. The van der Waals surface area contributed by atoms with E-state index in [2.05, 4.69) is 343 Å². The quantitative estimate of drug-likeness (QED) is 0.0127. The molecule has 0 amide bonds. The number of fused-ring (bicyclic) bond motifs is 4. The van der Waals surface area contributed by atoms with Crippen LogP contribution in [0, 0.1) is 109 Å². The van der Waals surface area contributed by atoms with Crippen molar-refractivity contribution in [2.45, 2.75) is 105 Å². The fraction of sp³-hybridized carbons (Fsp3) is 0.209. The van der Waals surface area contributed by atoms with Crippen LogP contribution in [-0.2, 0) is 80.5 Å². The van der Waals surface area contributed by atoms with Crippen LogP contribution < -0.4 is 14.2 Å². The molecule has 0 aliphatic heterocycles. The van der Waals surface area contributed by atoms with E-state index in [0.29, 0.717) is 19.0 Å². The highest BCUT2D eigenvalue weighted by Crippen LogP contribution is 2.48. The lowest BCUT2D eigenvalue weighted by atomic mass is 9.84. The van der Waals surface area contributed by atoms with Gasteiger partial charge in [0.2, 0.25) is 0 Å². The summed E-state index contributed by atoms with van der Waals surface area (Å²) in [6, 6.07) is 60.5. The summed E-state index contributed by atoms with van der Waals surface area (Å²) in [7, 11) is 0. The van der Waals surface area contributed by atoms with Gasteiger partial charge in [0.05, 0.1) is 13.2 Å². The van der Waals surface area contributed by atoms with E-state index in [1.165, 1.54) is 56.9 Å². The Kier molecular flexibility index (Phi) is 31.0. The molecule has 0 radical (unpaired) electrons. The van der Waals surface area contributed by atoms with Crippen LogP contribution in [0.15, 0.2) is 170 Å². The Labute approximate surface area is 613 Å². The molecule has 0 aliphatic carbocycles. The number of rotatable bonds is 37. The molecule has 10 aromatic carbocycles. The molecule has 10 rings (SSSR count). The van der Waals surface area contributed by atoms with Gasteiger partial charge in [-0.3, -0.25) is 0 Å². The van der Waals surface area contributed by atoms with E-state index in [4.69, 9.17) is 25.9 Å². The van der Waals surface area contributed by atoms with Gasteiger partial charge >= 0.3 is 0 Å². The second kappa shape index (κ2) is 42.8. The summed E-state index contributed by atoms with van der Waals surface area (Å²) in [6.07, 6.45) is 24.2. The van der Waals surface area contributed by atoms with Crippen LogP contribution in [0.2, 0.25) is 0 Å². The van der Waals surface area contributed by atoms with Gasteiger partial charge in [0.1, 0.15) is 23.4 Å². The zero-order valence-corrected chi connectivity index (χ0v) is 58.3. The zero-order valence-electron chi connectivity index (χ0n) is 58.3. The highest BCUT2D eigenvalue weighted by molar-refractivity contribution is 6.23. The van der Waals surface area contributed by atoms with Gasteiger partial charge in [-0.25, -0.2) is 10.1 Å². The number of aryl methyl sites for hydroxylation is 2. The van der Waals surface area contributed by atoms with Crippen molar-refractivity contribution in [3.8, 4) is 168 Å². The van der Waals surface area contributed by atoms with Crippen molar-refractivity contribution in [2.75, 3.05) is 13.2 Å². The topological polar surface area (TPSA) is 196 Å². The maximum absolute atomic E-state index is 7.76. The van der Waals surface area contributed by atoms with Crippen molar-refractivity contribution in [3.63, 3.8) is 0 Å². The van der Waals surface area contributed by atoms with Crippen LogP contribution in [0.3, 0.4) is 0 Å². The van der Waals surface area contributed by atoms with Gasteiger partial charge < -0.3 is 14.2 Å². The molecule has 0 aromatic heterocycles. The summed E-state index contributed by atoms with van der Waals surface area (Å²) in [6.45, 7) is 10.0. The van der Waals surface area contributed by atoms with E-state index in [-0.39, 0.29) is 0 Å². The number of terminal acetylenes is 1. The van der Waals surface area contributed by atoms with E-state index >= 15 is 0 Å². The molecular weight excluding hydrogens is 1350 g/mol. The van der Waals surface area contributed by atoms with Crippen LogP contribution in [0.25, 0.3) is 98.7 Å². The number of ether oxygens (including phenoxy) is 3. The molecule has 0 atom stereocenters. The van der Waals surface area contributed by atoms with Crippen LogP contribution in [0.1, 0.15) is 108 Å². The Hall–Kier alpha value is -11.7. The Morgan fingerprint density at radius 1 is 0.302 bits per heavy atom. The van der Waals surface area contributed by atoms with Crippen LogP contribution in [-0.4, -0.2) is 18.5 Å². The number of unbranched alkanes of at least 4 members (excludes halogenated alkanes) is 10. The van der Waals surface area contributed by atoms with Gasteiger partial charge in [-0.2, -0.15) is 0 Å². The molecule has 0 saturated carbocycles. The number of benzene rings is 10. The Bertz CT molecular complexity index is 5120. The predicted octanol–water partition coefficient (Wildman–Crippen LogP) is 19.5. The lowest BCUT2D eigenvalue weighted by Crippen LogP contribution is -2.04. The predicted molar refractivity (Wildman–Crippen MR) is 394 cm³/mol. The average Bonchev–Trinajstić information content (AvgIpc) is 0.736. The van der Waals surface area contributed by atoms with Crippen LogP contribution in [0.4, 0.5) is 0 Å². The fourth-order valence-electron chi connectivity index (χ4n) is 11.9. The van der Waals surface area contributed by atoms with Gasteiger partial charge in [-0.15, -0.1) is 6.42 Å². The Balaban J connectivity index is 0.951. The van der Waals surface area contributed by atoms with E-state index in [1.54, 1.807) is 0 Å². The Morgan fingerprint density at radius 2 is 0.679 bits per heavy atom. The fourth-order valence-corrected chi connectivity index (χ4v) is 11.9. The lowest BCUT2D eigenvalue weighted by Gasteiger charge is -2.20. The highest BCUT2D eigenvalue weighted by Gasteiger charge is 2.22. The van der Waals surface area contributed by atoms with Crippen molar-refractivity contribution >= 4 is 43.1 Å². The molecular formula is C86H70O20. The monoisotopic (exact) mass is 1420 g/mol. The molecule has 0 heterocycles. The van der Waals surface area contributed by atoms with Gasteiger partial charge in [-0.05, 0) is 257 Å². The second-order valence-electron chi connectivity index (χ2n) is 23.6. The molecule has 0 fully saturated rings. The number of hydrogen-bond donors (Lipinski definition) is 1. The second-order valence-corrected chi connectivity index (χ2v) is 23.6. The summed E-state index contributed by atoms with van der Waals surface area (Å²) >= 11 is 0. The van der Waals surface area contributed by atoms with Crippen molar-refractivity contribution in [1.29, 1.82) is 0 Å². The van der Waals surface area contributed by atoms with Gasteiger partial charge in [0.15, 0.2) is 6.11 Å². The van der Waals surface area contributed by atoms with Gasteiger partial charge in [-0.1, -0.05) is 204 Å². The molecule has 534 valence electrons. The van der Waals surface area contributed by atoms with Crippen LogP contribution in [0.5, 0.6) is 17.2 Å². The first-order valence-electron chi connectivity index (χ1n) is 34.0. The molecule has 106 heavy (non-hydrogen) atoms. The van der Waals surface area contributed by atoms with Gasteiger partial charge in [0, 0.05) is 81.4 Å². The SMILES string of the molecule is C#CC#CC#CC#COc1ccc2c(-c3ccc(C)cc3)c3cc(OCCCCCCCC)ccc3c(-c3ccc(-c4ccc5c(-c6ccc(C#CC#CC#CC#COOOOOOOOOOOOOOOOO)cc6)c6cc(C)ccc6c(-c6ccc(OCCCCCCCC)cc6)c5c4)cc3)c2c1. The van der Waals surface area contributed by atoms with Gasteiger partial charge in [0.25, 0.3) is 0 Å². The maximum Gasteiger partial charge on any atom is 0.174 e. The molecule has 10 aromatic rings. The largest absolute Gasteiger partial charge is 0.494 e. The molecule has 20 heteroatoms. The first-order valence-corrected chi connectivity index (χ1v) is 34.0. The van der Waals surface area contributed by atoms with E-state index in [1.807, 2.05) is 24.3 Å². The van der Waals surface area contributed by atoms with E-state index < -0.39 is 0 Å². The van der Waals surface area contributed by atoms with E-state index in [0.717, 1.165) is 147 Å². The van der Waals surface area contributed by atoms with E-state index in [9.17, 15) is 0 Å². The van der Waals surface area contributed by atoms with Crippen molar-refractivity contribution in [1.82, 2.24) is 0 Å². The number of hydrogen-bond acceptors (Lipinski definition) is 20. The first-order chi connectivity index (χ1) is 52.3. The smallest absolute Gasteiger partial charge is 0.174 e. The maximum atomic E-state index is 7.76. The Morgan fingerprint density at radius 3 is 1.24 bits per heavy atom. The molecule has 20 nitrogen and oxygen atoms in total. The summed E-state index contributed by atoms with van der Waals surface area (Å²) in [5.74, 6) is 36.2. The van der Waals surface area contributed by atoms with Crippen molar-refractivity contribution in [2.24, 2.45) is 0 Å². The standard InChI is InChI=1S/C86H70O20/c1-6-9-12-15-21-26-55-88-72-47-44-70(45-48-72)84-75-51-33-64(5)59-79(75)83(68-38-34-65(35-39-68)30-25-20-18-19-24-29-58-91-93-95-97-99-101-103-105-106-104-102-100-98-96-94-92-87)76-52-46-71(60-80(76)84)66-40-42-69(43-41-66)86-78-54-50-73(89-56-27-22-16-13-10-7-2)61-81(78)85(67-36-31-63(4)32-37-67)77-53-49-74(62-82(77)86)90-57-28-23-17-14-11-8-3/h3,31-54,59-62,87H,6-7,9-10,12-13,15-16,21-22,26-27,55-56H2,1-2,4-5H3.